The molecule has 1 aromatic carbocycles. The molecule has 3 rings (SSSR count). The van der Waals surface area contributed by atoms with Crippen LogP contribution in [0, 0.1) is 0 Å². The zero-order chi connectivity index (χ0) is 14.8. The lowest BCUT2D eigenvalue weighted by atomic mass is 10.2. The van der Waals surface area contributed by atoms with Crippen molar-refractivity contribution < 1.29 is 0 Å². The van der Waals surface area contributed by atoms with Gasteiger partial charge in [0.2, 0.25) is 5.95 Å². The van der Waals surface area contributed by atoms with Crippen molar-refractivity contribution >= 4 is 22.5 Å². The van der Waals surface area contributed by atoms with E-state index >= 15 is 0 Å². The summed E-state index contributed by atoms with van der Waals surface area (Å²) in [5.41, 5.74) is 7.48. The third kappa shape index (κ3) is 2.69. The van der Waals surface area contributed by atoms with Gasteiger partial charge in [0, 0.05) is 11.9 Å². The Bertz CT molecular complexity index is 828. The van der Waals surface area contributed by atoms with Gasteiger partial charge < -0.3 is 11.1 Å². The zero-order valence-electron chi connectivity index (χ0n) is 11.5. The average molecular weight is 281 g/mol. The summed E-state index contributed by atoms with van der Waals surface area (Å²) >= 11 is 0. The second kappa shape index (κ2) is 5.24. The highest BCUT2D eigenvalue weighted by molar-refractivity contribution is 5.81. The molecule has 0 saturated heterocycles. The lowest BCUT2D eigenvalue weighted by Crippen LogP contribution is -2.16. The van der Waals surface area contributed by atoms with Crippen molar-refractivity contribution in [2.45, 2.75) is 13.0 Å². The number of nitrogen functional groups attached to an aromatic ring is 1. The molecule has 6 nitrogen and oxygen atoms in total. The fourth-order valence-electron chi connectivity index (χ4n) is 2.14. The molecular weight excluding hydrogens is 266 g/mol. The minimum atomic E-state index is -0.219. The van der Waals surface area contributed by atoms with Crippen LogP contribution >= 0.6 is 0 Å². The van der Waals surface area contributed by atoms with Crippen molar-refractivity contribution in [3.05, 3.63) is 58.6 Å². The molecule has 3 aromatic rings. The molecule has 4 N–H and O–H groups in total. The Labute approximate surface area is 121 Å². The highest BCUT2D eigenvalue weighted by Crippen LogP contribution is 2.16. The summed E-state index contributed by atoms with van der Waals surface area (Å²) in [7, 11) is 0. The van der Waals surface area contributed by atoms with Crippen LogP contribution in [0.3, 0.4) is 0 Å². The van der Waals surface area contributed by atoms with Crippen molar-refractivity contribution in [2.75, 3.05) is 11.1 Å². The predicted molar refractivity (Wildman–Crippen MR) is 83.1 cm³/mol. The maximum Gasteiger partial charge on any atom is 0.260 e. The maximum atomic E-state index is 12.1. The Morgan fingerprint density at radius 2 is 2.14 bits per heavy atom. The minimum absolute atomic E-state index is 0.0689. The van der Waals surface area contributed by atoms with Crippen LogP contribution in [-0.2, 0) is 0 Å². The first kappa shape index (κ1) is 13.1. The number of anilines is 2. The van der Waals surface area contributed by atoms with Gasteiger partial charge in [-0.2, -0.15) is 0 Å². The molecule has 106 valence electrons. The van der Waals surface area contributed by atoms with E-state index in [1.807, 2.05) is 25.1 Å². The number of benzene rings is 1. The van der Waals surface area contributed by atoms with Crippen molar-refractivity contribution in [1.29, 1.82) is 0 Å². The Morgan fingerprint density at radius 1 is 1.29 bits per heavy atom. The summed E-state index contributed by atoms with van der Waals surface area (Å²) in [6.45, 7) is 1.95. The monoisotopic (exact) mass is 281 g/mol. The molecule has 0 bridgehead atoms. The summed E-state index contributed by atoms with van der Waals surface area (Å²) in [5, 5.41) is 3.62. The number of nitrogens with two attached hydrogens (primary N) is 1. The molecule has 0 aliphatic rings. The number of aromatic amines is 1. The van der Waals surface area contributed by atoms with E-state index in [9.17, 15) is 4.79 Å². The van der Waals surface area contributed by atoms with Crippen LogP contribution in [0.1, 0.15) is 18.7 Å². The fraction of sp³-hybridized carbons (Fsp3) is 0.133. The normalized spacial score (nSPS) is 12.2. The minimum Gasteiger partial charge on any atom is -0.399 e. The summed E-state index contributed by atoms with van der Waals surface area (Å²) in [5.74, 6) is 0.412. The van der Waals surface area contributed by atoms with Gasteiger partial charge in [0.15, 0.2) is 0 Å². The van der Waals surface area contributed by atoms with Crippen LogP contribution in [0.15, 0.2) is 47.4 Å². The second-order valence-corrected chi connectivity index (χ2v) is 4.81. The maximum absolute atomic E-state index is 12.1. The third-order valence-electron chi connectivity index (χ3n) is 3.21. The van der Waals surface area contributed by atoms with Crippen LogP contribution in [0.2, 0.25) is 0 Å². The predicted octanol–water partition coefficient (Wildman–Crippen LogP) is 2.07. The summed E-state index contributed by atoms with van der Waals surface area (Å²) in [6.07, 6.45) is 1.73. The quantitative estimate of drug-likeness (QED) is 0.639. The average Bonchev–Trinajstić information content (AvgIpc) is 2.49. The summed E-state index contributed by atoms with van der Waals surface area (Å²) < 4.78 is 0. The Morgan fingerprint density at radius 3 is 2.90 bits per heavy atom. The van der Waals surface area contributed by atoms with E-state index < -0.39 is 0 Å². The van der Waals surface area contributed by atoms with Crippen molar-refractivity contribution in [3.63, 3.8) is 0 Å². The second-order valence-electron chi connectivity index (χ2n) is 4.81. The number of rotatable bonds is 3. The van der Waals surface area contributed by atoms with Crippen molar-refractivity contribution in [3.8, 4) is 0 Å². The largest absolute Gasteiger partial charge is 0.399 e. The highest BCUT2D eigenvalue weighted by atomic mass is 16.1. The number of nitrogens with one attached hydrogen (secondary N) is 2. The van der Waals surface area contributed by atoms with Gasteiger partial charge in [0.25, 0.3) is 5.56 Å². The molecule has 0 fully saturated rings. The van der Waals surface area contributed by atoms with E-state index in [2.05, 4.69) is 20.3 Å². The van der Waals surface area contributed by atoms with E-state index in [1.165, 1.54) is 0 Å². The van der Waals surface area contributed by atoms with Crippen LogP contribution in [0.25, 0.3) is 10.9 Å². The molecule has 0 aliphatic heterocycles. The number of fused-ring (bicyclic) bond motifs is 1. The van der Waals surface area contributed by atoms with Gasteiger partial charge in [-0.05, 0) is 37.3 Å². The molecule has 6 heteroatoms. The van der Waals surface area contributed by atoms with Gasteiger partial charge in [-0.15, -0.1) is 0 Å². The van der Waals surface area contributed by atoms with Gasteiger partial charge >= 0.3 is 0 Å². The summed E-state index contributed by atoms with van der Waals surface area (Å²) in [4.78, 5) is 23.4. The number of hydrogen-bond donors (Lipinski definition) is 3. The van der Waals surface area contributed by atoms with Gasteiger partial charge in [0.05, 0.1) is 22.6 Å². The van der Waals surface area contributed by atoms with E-state index in [1.54, 1.807) is 24.4 Å². The number of nitrogens with zero attached hydrogens (tertiary/aromatic N) is 2. The van der Waals surface area contributed by atoms with Gasteiger partial charge in [-0.25, -0.2) is 4.98 Å². The van der Waals surface area contributed by atoms with Crippen LogP contribution in [0.5, 0.6) is 0 Å². The first-order valence-electron chi connectivity index (χ1n) is 6.60. The number of aromatic nitrogens is 3. The van der Waals surface area contributed by atoms with Gasteiger partial charge in [-0.1, -0.05) is 6.07 Å². The van der Waals surface area contributed by atoms with Crippen molar-refractivity contribution in [1.82, 2.24) is 15.0 Å². The standard InChI is InChI=1S/C15H15N5O/c1-9(12-4-2-3-7-17-12)18-15-19-13-6-5-10(16)8-11(13)14(21)20-15/h2-9H,16H2,1H3,(H2,18,19,20,21). The SMILES string of the molecule is CC(Nc1nc2ccc(N)cc2c(=O)[nH]1)c1ccccn1. The lowest BCUT2D eigenvalue weighted by molar-refractivity contribution is 0.822. The Balaban J connectivity index is 1.95. The van der Waals surface area contributed by atoms with Crippen LogP contribution < -0.4 is 16.6 Å². The molecule has 0 saturated carbocycles. The first-order valence-corrected chi connectivity index (χ1v) is 6.60. The van der Waals surface area contributed by atoms with Crippen molar-refractivity contribution in [2.24, 2.45) is 0 Å². The smallest absolute Gasteiger partial charge is 0.260 e. The third-order valence-corrected chi connectivity index (χ3v) is 3.21. The van der Waals surface area contributed by atoms with E-state index in [-0.39, 0.29) is 11.6 Å². The van der Waals surface area contributed by atoms with Crippen LogP contribution in [-0.4, -0.2) is 15.0 Å². The van der Waals surface area contributed by atoms with E-state index in [0.29, 0.717) is 22.5 Å². The van der Waals surface area contributed by atoms with Crippen LogP contribution in [0.4, 0.5) is 11.6 Å². The molecule has 1 atom stereocenters. The lowest BCUT2D eigenvalue weighted by Gasteiger charge is -2.13. The number of H-pyrrole nitrogens is 1. The molecular formula is C15H15N5O. The highest BCUT2D eigenvalue weighted by Gasteiger charge is 2.09. The molecule has 0 radical (unpaired) electrons. The summed E-state index contributed by atoms with van der Waals surface area (Å²) in [6, 6.07) is 10.7. The van der Waals surface area contributed by atoms with E-state index in [0.717, 1.165) is 5.69 Å². The molecule has 0 spiro atoms. The van der Waals surface area contributed by atoms with Gasteiger partial charge in [-0.3, -0.25) is 14.8 Å². The van der Waals surface area contributed by atoms with E-state index in [4.69, 9.17) is 5.73 Å². The fourth-order valence-corrected chi connectivity index (χ4v) is 2.14. The molecule has 2 aromatic heterocycles. The topological polar surface area (TPSA) is 96.7 Å². The Hall–Kier alpha value is -2.89. The first-order chi connectivity index (χ1) is 10.1. The molecule has 0 aliphatic carbocycles. The zero-order valence-corrected chi connectivity index (χ0v) is 11.5. The molecule has 0 amide bonds. The number of hydrogen-bond acceptors (Lipinski definition) is 5. The molecule has 1 unspecified atom stereocenters. The van der Waals surface area contributed by atoms with Gasteiger partial charge in [0.1, 0.15) is 0 Å². The number of pyridine rings is 1. The Kier molecular flexibility index (Phi) is 3.27. The molecule has 21 heavy (non-hydrogen) atoms. The molecule has 2 heterocycles.